The van der Waals surface area contributed by atoms with E-state index in [1.807, 2.05) is 0 Å². The average molecular weight is 435 g/mol. The summed E-state index contributed by atoms with van der Waals surface area (Å²) in [4.78, 5) is 0.298. The van der Waals surface area contributed by atoms with E-state index in [9.17, 15) is 8.42 Å². The van der Waals surface area contributed by atoms with Gasteiger partial charge in [-0.15, -0.1) is 12.4 Å². The third-order valence-corrected chi connectivity index (χ3v) is 6.40. The number of rotatable bonds is 2. The molecule has 2 N–H and O–H groups in total. The van der Waals surface area contributed by atoms with Gasteiger partial charge in [-0.2, -0.15) is 4.31 Å². The summed E-state index contributed by atoms with van der Waals surface area (Å²) in [6, 6.07) is 5.26. The van der Waals surface area contributed by atoms with E-state index in [0.29, 0.717) is 35.3 Å². The van der Waals surface area contributed by atoms with Crippen LogP contribution in [0, 0.1) is 0 Å². The highest BCUT2D eigenvalue weighted by atomic mass is 79.9. The molecule has 1 aromatic carbocycles. The van der Waals surface area contributed by atoms with E-state index in [2.05, 4.69) is 31.9 Å². The van der Waals surface area contributed by atoms with Gasteiger partial charge in [-0.1, -0.05) is 15.9 Å². The highest BCUT2D eigenvalue weighted by Gasteiger charge is 2.29. The van der Waals surface area contributed by atoms with Gasteiger partial charge in [0.2, 0.25) is 10.0 Å². The summed E-state index contributed by atoms with van der Waals surface area (Å²) in [5.41, 5.74) is 5.79. The lowest BCUT2D eigenvalue weighted by atomic mass is 10.1. The molecule has 1 aromatic rings. The molecule has 0 amide bonds. The van der Waals surface area contributed by atoms with E-state index < -0.39 is 10.0 Å². The zero-order chi connectivity index (χ0) is 13.3. The Bertz CT molecular complexity index is 546. The van der Waals surface area contributed by atoms with Crippen molar-refractivity contribution in [3.63, 3.8) is 0 Å². The molecule has 108 valence electrons. The molecule has 1 saturated heterocycles. The largest absolute Gasteiger partial charge is 0.328 e. The number of sulfonamides is 1. The van der Waals surface area contributed by atoms with Crippen molar-refractivity contribution in [2.24, 2.45) is 5.73 Å². The molecule has 0 saturated carbocycles. The first-order chi connectivity index (χ1) is 8.41. The molecule has 0 aromatic heterocycles. The lowest BCUT2D eigenvalue weighted by Crippen LogP contribution is -2.42. The summed E-state index contributed by atoms with van der Waals surface area (Å²) >= 11 is 6.59. The van der Waals surface area contributed by atoms with Gasteiger partial charge in [0.1, 0.15) is 0 Å². The maximum absolute atomic E-state index is 12.5. The van der Waals surface area contributed by atoms with Gasteiger partial charge in [0.15, 0.2) is 0 Å². The third-order valence-electron chi connectivity index (χ3n) is 3.01. The minimum absolute atomic E-state index is 0. The fourth-order valence-corrected chi connectivity index (χ4v) is 4.86. The van der Waals surface area contributed by atoms with Gasteiger partial charge in [-0.05, 0) is 47.0 Å². The Labute approximate surface area is 136 Å². The van der Waals surface area contributed by atoms with Gasteiger partial charge in [0, 0.05) is 28.1 Å². The summed E-state index contributed by atoms with van der Waals surface area (Å²) in [7, 11) is -3.44. The normalized spacial score (nSPS) is 18.1. The van der Waals surface area contributed by atoms with Gasteiger partial charge in [-0.3, -0.25) is 0 Å². The minimum Gasteiger partial charge on any atom is -0.328 e. The molecule has 0 unspecified atom stereocenters. The summed E-state index contributed by atoms with van der Waals surface area (Å²) in [6.07, 6.45) is 1.43. The molecule has 0 spiro atoms. The Balaban J connectivity index is 0.00000180. The second-order valence-electron chi connectivity index (χ2n) is 4.32. The van der Waals surface area contributed by atoms with Crippen molar-refractivity contribution in [3.05, 3.63) is 27.1 Å². The molecule has 1 aliphatic rings. The van der Waals surface area contributed by atoms with E-state index in [-0.39, 0.29) is 18.4 Å². The number of nitrogens with two attached hydrogens (primary N) is 1. The summed E-state index contributed by atoms with van der Waals surface area (Å²) in [5, 5.41) is 0. The van der Waals surface area contributed by atoms with Crippen LogP contribution >= 0.6 is 44.3 Å². The van der Waals surface area contributed by atoms with Crippen molar-refractivity contribution in [3.8, 4) is 0 Å². The standard InChI is InChI=1S/C11H14Br2N2O2S.ClH/c12-8-1-2-10(13)11(7-8)18(16,17)15-5-3-9(14)4-6-15;/h1-2,7,9H,3-6,14H2;1H. The van der Waals surface area contributed by atoms with Gasteiger partial charge in [0.05, 0.1) is 4.90 Å². The summed E-state index contributed by atoms with van der Waals surface area (Å²) < 4.78 is 27.8. The molecule has 4 nitrogen and oxygen atoms in total. The summed E-state index contributed by atoms with van der Waals surface area (Å²) in [5.74, 6) is 0. The van der Waals surface area contributed by atoms with Crippen LogP contribution in [0.15, 0.2) is 32.0 Å². The number of piperidine rings is 1. The van der Waals surface area contributed by atoms with Crippen LogP contribution in [0.5, 0.6) is 0 Å². The molecule has 0 bridgehead atoms. The van der Waals surface area contributed by atoms with Gasteiger partial charge in [-0.25, -0.2) is 8.42 Å². The molecule has 1 aliphatic heterocycles. The molecule has 1 heterocycles. The third kappa shape index (κ3) is 3.92. The molecular weight excluding hydrogens is 419 g/mol. The Kier molecular flexibility index (Phi) is 6.28. The zero-order valence-corrected chi connectivity index (χ0v) is 14.9. The lowest BCUT2D eigenvalue weighted by molar-refractivity contribution is 0.320. The quantitative estimate of drug-likeness (QED) is 0.779. The monoisotopic (exact) mass is 432 g/mol. The second kappa shape index (κ2) is 6.87. The minimum atomic E-state index is -3.44. The number of benzene rings is 1. The molecular formula is C11H15Br2ClN2O2S. The van der Waals surface area contributed by atoms with Crippen molar-refractivity contribution < 1.29 is 8.42 Å². The van der Waals surface area contributed by atoms with Crippen LogP contribution in [0.1, 0.15) is 12.8 Å². The van der Waals surface area contributed by atoms with Crippen LogP contribution in [-0.4, -0.2) is 31.9 Å². The molecule has 1 fully saturated rings. The van der Waals surface area contributed by atoms with E-state index in [1.165, 1.54) is 4.31 Å². The predicted octanol–water partition coefficient (Wildman–Crippen LogP) is 2.75. The highest BCUT2D eigenvalue weighted by Crippen LogP contribution is 2.29. The van der Waals surface area contributed by atoms with Crippen LogP contribution in [0.3, 0.4) is 0 Å². The SMILES string of the molecule is Cl.NC1CCN(S(=O)(=O)c2cc(Br)ccc2Br)CC1. The van der Waals surface area contributed by atoms with Crippen LogP contribution in [0.25, 0.3) is 0 Å². The molecule has 0 aliphatic carbocycles. The average Bonchev–Trinajstić information content (AvgIpc) is 2.32. The molecule has 19 heavy (non-hydrogen) atoms. The van der Waals surface area contributed by atoms with Crippen molar-refractivity contribution in [2.45, 2.75) is 23.8 Å². The first-order valence-electron chi connectivity index (χ1n) is 5.62. The van der Waals surface area contributed by atoms with E-state index in [0.717, 1.165) is 4.47 Å². The maximum atomic E-state index is 12.5. The molecule has 2 rings (SSSR count). The van der Waals surface area contributed by atoms with Crippen LogP contribution in [0.2, 0.25) is 0 Å². The van der Waals surface area contributed by atoms with E-state index in [1.54, 1.807) is 18.2 Å². The van der Waals surface area contributed by atoms with Crippen LogP contribution in [0.4, 0.5) is 0 Å². The Morgan fingerprint density at radius 1 is 1.21 bits per heavy atom. The van der Waals surface area contributed by atoms with Crippen molar-refractivity contribution in [1.82, 2.24) is 4.31 Å². The first kappa shape index (κ1) is 17.4. The molecule has 0 atom stereocenters. The van der Waals surface area contributed by atoms with Crippen molar-refractivity contribution >= 4 is 54.3 Å². The Hall–Kier alpha value is 0.340. The second-order valence-corrected chi connectivity index (χ2v) is 7.99. The number of nitrogens with zero attached hydrogens (tertiary/aromatic N) is 1. The van der Waals surface area contributed by atoms with E-state index >= 15 is 0 Å². The predicted molar refractivity (Wildman–Crippen MR) is 85.1 cm³/mol. The lowest BCUT2D eigenvalue weighted by Gasteiger charge is -2.29. The fraction of sp³-hybridized carbons (Fsp3) is 0.455. The number of halogens is 3. The van der Waals surface area contributed by atoms with Crippen LogP contribution in [-0.2, 0) is 10.0 Å². The fourth-order valence-electron chi connectivity index (χ4n) is 1.93. The van der Waals surface area contributed by atoms with Crippen LogP contribution < -0.4 is 5.73 Å². The summed E-state index contributed by atoms with van der Waals surface area (Å²) in [6.45, 7) is 0.977. The van der Waals surface area contributed by atoms with Gasteiger partial charge in [0.25, 0.3) is 0 Å². The topological polar surface area (TPSA) is 63.4 Å². The number of hydrogen-bond acceptors (Lipinski definition) is 3. The maximum Gasteiger partial charge on any atom is 0.244 e. The van der Waals surface area contributed by atoms with Crippen molar-refractivity contribution in [2.75, 3.05) is 13.1 Å². The molecule has 8 heteroatoms. The molecule has 0 radical (unpaired) electrons. The first-order valence-corrected chi connectivity index (χ1v) is 8.64. The number of hydrogen-bond donors (Lipinski definition) is 1. The Morgan fingerprint density at radius 3 is 2.37 bits per heavy atom. The van der Waals surface area contributed by atoms with Crippen molar-refractivity contribution in [1.29, 1.82) is 0 Å². The van der Waals surface area contributed by atoms with Gasteiger partial charge >= 0.3 is 0 Å². The highest BCUT2D eigenvalue weighted by molar-refractivity contribution is 9.11. The smallest absolute Gasteiger partial charge is 0.244 e. The van der Waals surface area contributed by atoms with E-state index in [4.69, 9.17) is 5.73 Å². The Morgan fingerprint density at radius 2 is 1.79 bits per heavy atom. The zero-order valence-electron chi connectivity index (χ0n) is 10.1. The van der Waals surface area contributed by atoms with Gasteiger partial charge < -0.3 is 5.73 Å².